The summed E-state index contributed by atoms with van der Waals surface area (Å²) in [5, 5.41) is 0. The smallest absolute Gasteiger partial charge is 0.333 e. The number of carbonyl (C=O) groups excluding carboxylic acids is 1. The van der Waals surface area contributed by atoms with Crippen LogP contribution in [0.5, 0.6) is 0 Å². The summed E-state index contributed by atoms with van der Waals surface area (Å²) in [5.41, 5.74) is 0.697. The van der Waals surface area contributed by atoms with Crippen molar-refractivity contribution in [2.75, 3.05) is 6.61 Å². The van der Waals surface area contributed by atoms with Crippen LogP contribution in [0, 0.1) is 0 Å². The van der Waals surface area contributed by atoms with Crippen LogP contribution in [0.4, 0.5) is 0 Å². The molecule has 0 spiro atoms. The normalized spacial score (nSPS) is 11.6. The lowest BCUT2D eigenvalue weighted by Crippen LogP contribution is -2.06. The lowest BCUT2D eigenvalue weighted by atomic mass is 10.1. The van der Waals surface area contributed by atoms with Gasteiger partial charge in [-0.15, -0.1) is 0 Å². The molecular formula is C14H26O2. The molecule has 0 saturated heterocycles. The summed E-state index contributed by atoms with van der Waals surface area (Å²) in [6.45, 7) is 6.43. The largest absolute Gasteiger partial charge is 0.462 e. The van der Waals surface area contributed by atoms with Gasteiger partial charge in [0.1, 0.15) is 0 Å². The Kier molecular flexibility index (Phi) is 10.2. The van der Waals surface area contributed by atoms with E-state index < -0.39 is 0 Å². The molecule has 0 atom stereocenters. The van der Waals surface area contributed by atoms with Gasteiger partial charge in [0.2, 0.25) is 0 Å². The maximum Gasteiger partial charge on any atom is 0.333 e. The molecule has 0 radical (unpaired) electrons. The fourth-order valence-electron chi connectivity index (χ4n) is 1.46. The first-order chi connectivity index (χ1) is 7.72. The molecule has 0 aromatic heterocycles. The zero-order valence-corrected chi connectivity index (χ0v) is 11.1. The van der Waals surface area contributed by atoms with Gasteiger partial charge in [0.05, 0.1) is 6.61 Å². The minimum atomic E-state index is -0.173. The van der Waals surface area contributed by atoms with Gasteiger partial charge in [-0.1, -0.05) is 51.5 Å². The second-order valence-corrected chi connectivity index (χ2v) is 4.23. The van der Waals surface area contributed by atoms with E-state index in [0.717, 1.165) is 6.42 Å². The fraction of sp³-hybridized carbons (Fsp3) is 0.786. The molecule has 0 aliphatic carbocycles. The molecule has 0 heterocycles. The van der Waals surface area contributed by atoms with Crippen molar-refractivity contribution in [3.05, 3.63) is 11.6 Å². The molecule has 0 aromatic carbocycles. The summed E-state index contributed by atoms with van der Waals surface area (Å²) in [6.07, 6.45) is 10.5. The zero-order chi connectivity index (χ0) is 12.2. The highest BCUT2D eigenvalue weighted by atomic mass is 16.5. The fourth-order valence-corrected chi connectivity index (χ4v) is 1.46. The summed E-state index contributed by atoms with van der Waals surface area (Å²) >= 11 is 0. The number of rotatable bonds is 9. The molecule has 0 aliphatic rings. The lowest BCUT2D eigenvalue weighted by molar-refractivity contribution is -0.139. The Morgan fingerprint density at radius 3 is 2.19 bits per heavy atom. The number of hydrogen-bond donors (Lipinski definition) is 0. The van der Waals surface area contributed by atoms with E-state index in [0.29, 0.717) is 12.2 Å². The van der Waals surface area contributed by atoms with E-state index in [2.05, 4.69) is 6.92 Å². The van der Waals surface area contributed by atoms with Crippen molar-refractivity contribution in [2.45, 2.75) is 65.7 Å². The molecule has 16 heavy (non-hydrogen) atoms. The number of unbranched alkanes of at least 4 members (excludes halogenated alkanes) is 6. The topological polar surface area (TPSA) is 26.3 Å². The SMILES string of the molecule is C/C=C(/C)C(=O)OCCCCCCCCC. The molecule has 0 bridgehead atoms. The summed E-state index contributed by atoms with van der Waals surface area (Å²) < 4.78 is 5.12. The number of ether oxygens (including phenoxy) is 1. The maximum atomic E-state index is 11.3. The van der Waals surface area contributed by atoms with Crippen LogP contribution in [0.25, 0.3) is 0 Å². The summed E-state index contributed by atoms with van der Waals surface area (Å²) in [4.78, 5) is 11.3. The second-order valence-electron chi connectivity index (χ2n) is 4.23. The van der Waals surface area contributed by atoms with E-state index in [1.165, 1.54) is 38.5 Å². The Balaban J connectivity index is 3.24. The second kappa shape index (κ2) is 10.7. The Bertz CT molecular complexity index is 207. The number of allylic oxidation sites excluding steroid dienone is 1. The van der Waals surface area contributed by atoms with Crippen molar-refractivity contribution in [2.24, 2.45) is 0 Å². The van der Waals surface area contributed by atoms with Gasteiger partial charge in [0.25, 0.3) is 0 Å². The molecule has 0 rings (SSSR count). The molecule has 0 unspecified atom stereocenters. The van der Waals surface area contributed by atoms with E-state index in [4.69, 9.17) is 4.74 Å². The van der Waals surface area contributed by atoms with Crippen molar-refractivity contribution >= 4 is 5.97 Å². The number of carbonyl (C=O) groups is 1. The van der Waals surface area contributed by atoms with E-state index in [-0.39, 0.29) is 5.97 Å². The standard InChI is InChI=1S/C14H26O2/c1-4-6-7-8-9-10-11-12-16-14(15)13(3)5-2/h5H,4,6-12H2,1-3H3/b13-5-. The predicted octanol–water partition coefficient (Wildman–Crippen LogP) is 4.25. The molecule has 2 heteroatoms. The first-order valence-corrected chi connectivity index (χ1v) is 6.52. The Hall–Kier alpha value is -0.790. The number of esters is 1. The minimum Gasteiger partial charge on any atom is -0.462 e. The minimum absolute atomic E-state index is 0.173. The third-order valence-electron chi connectivity index (χ3n) is 2.74. The Morgan fingerprint density at radius 2 is 1.62 bits per heavy atom. The van der Waals surface area contributed by atoms with Crippen molar-refractivity contribution in [3.63, 3.8) is 0 Å². The van der Waals surface area contributed by atoms with Crippen molar-refractivity contribution in [3.8, 4) is 0 Å². The van der Waals surface area contributed by atoms with Gasteiger partial charge < -0.3 is 4.74 Å². The van der Waals surface area contributed by atoms with Gasteiger partial charge in [0.15, 0.2) is 0 Å². The van der Waals surface area contributed by atoms with E-state index in [9.17, 15) is 4.79 Å². The highest BCUT2D eigenvalue weighted by Crippen LogP contribution is 2.07. The maximum absolute atomic E-state index is 11.3. The third kappa shape index (κ3) is 8.51. The van der Waals surface area contributed by atoms with E-state index in [1.54, 1.807) is 13.0 Å². The van der Waals surface area contributed by atoms with Gasteiger partial charge in [-0.25, -0.2) is 4.79 Å². The van der Waals surface area contributed by atoms with Crippen LogP contribution in [-0.2, 0) is 9.53 Å². The Morgan fingerprint density at radius 1 is 1.06 bits per heavy atom. The molecule has 0 fully saturated rings. The average molecular weight is 226 g/mol. The zero-order valence-electron chi connectivity index (χ0n) is 11.1. The van der Waals surface area contributed by atoms with E-state index in [1.807, 2.05) is 6.92 Å². The highest BCUT2D eigenvalue weighted by Gasteiger charge is 2.03. The van der Waals surface area contributed by atoms with Gasteiger partial charge in [-0.3, -0.25) is 0 Å². The van der Waals surface area contributed by atoms with Gasteiger partial charge in [-0.2, -0.15) is 0 Å². The van der Waals surface area contributed by atoms with Crippen LogP contribution in [0.1, 0.15) is 65.7 Å². The van der Waals surface area contributed by atoms with Gasteiger partial charge in [0, 0.05) is 5.57 Å². The quantitative estimate of drug-likeness (QED) is 0.334. The van der Waals surface area contributed by atoms with Crippen molar-refractivity contribution in [1.82, 2.24) is 0 Å². The van der Waals surface area contributed by atoms with Crippen molar-refractivity contribution < 1.29 is 9.53 Å². The van der Waals surface area contributed by atoms with Crippen LogP contribution in [0.15, 0.2) is 11.6 Å². The molecule has 2 nitrogen and oxygen atoms in total. The first kappa shape index (κ1) is 15.2. The Labute approximate surface area is 100 Å². The first-order valence-electron chi connectivity index (χ1n) is 6.52. The molecule has 0 amide bonds. The van der Waals surface area contributed by atoms with E-state index >= 15 is 0 Å². The lowest BCUT2D eigenvalue weighted by Gasteiger charge is -2.04. The number of hydrogen-bond acceptors (Lipinski definition) is 2. The van der Waals surface area contributed by atoms with Crippen LogP contribution in [0.3, 0.4) is 0 Å². The highest BCUT2D eigenvalue weighted by molar-refractivity contribution is 5.87. The average Bonchev–Trinajstić information content (AvgIpc) is 2.31. The monoisotopic (exact) mass is 226 g/mol. The molecule has 94 valence electrons. The van der Waals surface area contributed by atoms with Crippen LogP contribution >= 0.6 is 0 Å². The van der Waals surface area contributed by atoms with Crippen molar-refractivity contribution in [1.29, 1.82) is 0 Å². The molecule has 0 saturated carbocycles. The summed E-state index contributed by atoms with van der Waals surface area (Å²) in [5.74, 6) is -0.173. The molecular weight excluding hydrogens is 200 g/mol. The third-order valence-corrected chi connectivity index (χ3v) is 2.74. The van der Waals surface area contributed by atoms with Crippen LogP contribution in [-0.4, -0.2) is 12.6 Å². The van der Waals surface area contributed by atoms with Crippen LogP contribution < -0.4 is 0 Å². The summed E-state index contributed by atoms with van der Waals surface area (Å²) in [7, 11) is 0. The van der Waals surface area contributed by atoms with Gasteiger partial charge >= 0.3 is 5.97 Å². The molecule has 0 N–H and O–H groups in total. The molecule has 0 aromatic rings. The van der Waals surface area contributed by atoms with Gasteiger partial charge in [-0.05, 0) is 20.3 Å². The predicted molar refractivity (Wildman–Crippen MR) is 68.4 cm³/mol. The molecule has 0 aliphatic heterocycles. The van der Waals surface area contributed by atoms with Crippen LogP contribution in [0.2, 0.25) is 0 Å². The summed E-state index contributed by atoms with van der Waals surface area (Å²) in [6, 6.07) is 0.